The van der Waals surface area contributed by atoms with Crippen LogP contribution in [0, 0.1) is 0 Å². The molecule has 3 rings (SSSR count). The lowest BCUT2D eigenvalue weighted by Crippen LogP contribution is -1.96. The summed E-state index contributed by atoms with van der Waals surface area (Å²) < 4.78 is 10.5. The minimum atomic E-state index is -1.07. The maximum absolute atomic E-state index is 10.9. The normalized spacial score (nSPS) is 10.4. The number of aromatic nitrogens is 3. The summed E-state index contributed by atoms with van der Waals surface area (Å²) >= 11 is 1.21. The van der Waals surface area contributed by atoms with E-state index in [1.54, 1.807) is 38.7 Å². The lowest BCUT2D eigenvalue weighted by Gasteiger charge is -2.09. The van der Waals surface area contributed by atoms with Gasteiger partial charge in [0.25, 0.3) is 0 Å². The molecule has 0 amide bonds. The van der Waals surface area contributed by atoms with E-state index in [9.17, 15) is 4.79 Å². The first-order valence-corrected chi connectivity index (χ1v) is 7.74. The highest BCUT2D eigenvalue weighted by Crippen LogP contribution is 2.32. The summed E-state index contributed by atoms with van der Waals surface area (Å²) in [6.45, 7) is 0. The van der Waals surface area contributed by atoms with Crippen molar-refractivity contribution in [2.24, 2.45) is 0 Å². The molecule has 0 saturated heterocycles. The lowest BCUT2D eigenvalue weighted by molar-refractivity contribution is 0.0691. The fourth-order valence-corrected chi connectivity index (χ4v) is 2.84. The highest BCUT2D eigenvalue weighted by Gasteiger charge is 2.13. The Balaban J connectivity index is 1.99. The van der Waals surface area contributed by atoms with Crippen LogP contribution >= 0.6 is 11.3 Å². The molecule has 1 N–H and O–H groups in total. The zero-order valence-electron chi connectivity index (χ0n) is 12.9. The van der Waals surface area contributed by atoms with Crippen LogP contribution in [0.2, 0.25) is 0 Å². The van der Waals surface area contributed by atoms with E-state index in [2.05, 4.69) is 15.0 Å². The van der Waals surface area contributed by atoms with Crippen molar-refractivity contribution >= 4 is 17.3 Å². The van der Waals surface area contributed by atoms with E-state index >= 15 is 0 Å². The number of carboxylic acid groups (broad SMARTS) is 1. The van der Waals surface area contributed by atoms with Gasteiger partial charge in [-0.3, -0.25) is 4.98 Å². The first kappa shape index (κ1) is 15.9. The summed E-state index contributed by atoms with van der Waals surface area (Å²) in [5.74, 6) is 0.141. The van der Waals surface area contributed by atoms with E-state index in [4.69, 9.17) is 14.6 Å². The van der Waals surface area contributed by atoms with Crippen molar-refractivity contribution in [1.29, 1.82) is 0 Å². The molecule has 7 nitrogen and oxygen atoms in total. The molecule has 3 aromatic rings. The number of carbonyl (C=O) groups is 1. The van der Waals surface area contributed by atoms with Gasteiger partial charge in [0.15, 0.2) is 17.2 Å². The van der Waals surface area contributed by atoms with Gasteiger partial charge < -0.3 is 14.6 Å². The summed E-state index contributed by atoms with van der Waals surface area (Å²) in [5.41, 5.74) is 1.94. The van der Waals surface area contributed by atoms with Crippen LogP contribution in [0.25, 0.3) is 22.0 Å². The summed E-state index contributed by atoms with van der Waals surface area (Å²) in [4.78, 5) is 23.7. The third-order valence-electron chi connectivity index (χ3n) is 3.26. The fraction of sp³-hybridized carbons (Fsp3) is 0.125. The molecule has 1 aromatic carbocycles. The number of rotatable bonds is 5. The molecule has 0 radical (unpaired) electrons. The molecule has 8 heteroatoms. The van der Waals surface area contributed by atoms with Gasteiger partial charge in [-0.05, 0) is 18.2 Å². The predicted octanol–water partition coefficient (Wildman–Crippen LogP) is 2.98. The molecule has 0 fully saturated rings. The number of ether oxygens (including phenoxy) is 2. The smallest absolute Gasteiger partial charge is 0.355 e. The second kappa shape index (κ2) is 6.63. The molecule has 0 aliphatic carbocycles. The summed E-state index contributed by atoms with van der Waals surface area (Å²) in [7, 11) is 3.13. The average molecular weight is 343 g/mol. The summed E-state index contributed by atoms with van der Waals surface area (Å²) in [5, 5.41) is 10.9. The number of benzene rings is 1. The van der Waals surface area contributed by atoms with Crippen LogP contribution in [-0.4, -0.2) is 40.2 Å². The Labute approximate surface area is 141 Å². The Morgan fingerprint density at radius 3 is 2.50 bits per heavy atom. The van der Waals surface area contributed by atoms with Crippen LogP contribution in [0.3, 0.4) is 0 Å². The molecular weight excluding hydrogens is 330 g/mol. The van der Waals surface area contributed by atoms with Gasteiger partial charge in [-0.25, -0.2) is 14.8 Å². The molecule has 0 bridgehead atoms. The Morgan fingerprint density at radius 1 is 1.08 bits per heavy atom. The number of nitrogens with zero attached hydrogens (tertiary/aromatic N) is 3. The molecule has 0 aliphatic rings. The third kappa shape index (κ3) is 3.04. The van der Waals surface area contributed by atoms with Crippen molar-refractivity contribution in [3.05, 3.63) is 41.7 Å². The largest absolute Gasteiger partial charge is 0.493 e. The zero-order chi connectivity index (χ0) is 17.1. The SMILES string of the molecule is COc1ccc(-c2cncc(-c3nc(C(=O)O)cs3)n2)cc1OC. The van der Waals surface area contributed by atoms with Gasteiger partial charge in [0.05, 0.1) is 32.3 Å². The molecular formula is C16H13N3O4S. The van der Waals surface area contributed by atoms with Crippen molar-refractivity contribution in [3.63, 3.8) is 0 Å². The molecule has 0 atom stereocenters. The van der Waals surface area contributed by atoms with Crippen LogP contribution in [0.1, 0.15) is 10.5 Å². The summed E-state index contributed by atoms with van der Waals surface area (Å²) in [6.07, 6.45) is 3.17. The maximum atomic E-state index is 10.9. The first-order valence-electron chi connectivity index (χ1n) is 6.86. The Bertz CT molecular complexity index is 895. The van der Waals surface area contributed by atoms with E-state index in [0.717, 1.165) is 5.56 Å². The van der Waals surface area contributed by atoms with Gasteiger partial charge in [-0.2, -0.15) is 0 Å². The molecule has 0 unspecified atom stereocenters. The van der Waals surface area contributed by atoms with E-state index in [-0.39, 0.29) is 5.69 Å². The minimum absolute atomic E-state index is 0.00619. The van der Waals surface area contributed by atoms with E-state index in [1.165, 1.54) is 16.7 Å². The molecule has 2 aromatic heterocycles. The molecule has 24 heavy (non-hydrogen) atoms. The van der Waals surface area contributed by atoms with Crippen LogP contribution in [0.4, 0.5) is 0 Å². The van der Waals surface area contributed by atoms with E-state index in [0.29, 0.717) is 27.9 Å². The highest BCUT2D eigenvalue weighted by atomic mass is 32.1. The van der Waals surface area contributed by atoms with E-state index in [1.807, 2.05) is 6.07 Å². The topological polar surface area (TPSA) is 94.4 Å². The van der Waals surface area contributed by atoms with Crippen molar-refractivity contribution in [2.75, 3.05) is 14.2 Å². The number of aromatic carboxylic acids is 1. The Morgan fingerprint density at radius 2 is 1.83 bits per heavy atom. The van der Waals surface area contributed by atoms with Gasteiger partial charge in [-0.1, -0.05) is 0 Å². The number of thiazole rings is 1. The molecule has 122 valence electrons. The van der Waals surface area contributed by atoms with Gasteiger partial charge in [0, 0.05) is 10.9 Å². The van der Waals surface area contributed by atoms with Crippen molar-refractivity contribution in [2.45, 2.75) is 0 Å². The number of hydrogen-bond acceptors (Lipinski definition) is 7. The van der Waals surface area contributed by atoms with Crippen molar-refractivity contribution in [3.8, 4) is 33.5 Å². The Kier molecular flexibility index (Phi) is 4.39. The standard InChI is InChI=1S/C16H13N3O4S/c1-22-13-4-3-9(5-14(13)23-2)10-6-17-7-11(18-10)15-19-12(8-24-15)16(20)21/h3-8H,1-2H3,(H,20,21). The van der Waals surface area contributed by atoms with Crippen LogP contribution in [-0.2, 0) is 0 Å². The van der Waals surface area contributed by atoms with Crippen LogP contribution in [0.15, 0.2) is 36.0 Å². The quantitative estimate of drug-likeness (QED) is 0.761. The van der Waals surface area contributed by atoms with Gasteiger partial charge in [0.2, 0.25) is 0 Å². The number of methoxy groups -OCH3 is 2. The van der Waals surface area contributed by atoms with Crippen LogP contribution in [0.5, 0.6) is 11.5 Å². The summed E-state index contributed by atoms with van der Waals surface area (Å²) in [6, 6.07) is 5.44. The van der Waals surface area contributed by atoms with E-state index < -0.39 is 5.97 Å². The Hall–Kier alpha value is -3.00. The molecule has 2 heterocycles. The monoisotopic (exact) mass is 343 g/mol. The minimum Gasteiger partial charge on any atom is -0.493 e. The fourth-order valence-electron chi connectivity index (χ4n) is 2.09. The first-order chi connectivity index (χ1) is 11.6. The average Bonchev–Trinajstić information content (AvgIpc) is 3.11. The lowest BCUT2D eigenvalue weighted by atomic mass is 10.1. The maximum Gasteiger partial charge on any atom is 0.355 e. The second-order valence-corrected chi connectivity index (χ2v) is 5.56. The van der Waals surface area contributed by atoms with Crippen LogP contribution < -0.4 is 9.47 Å². The molecule has 0 saturated carbocycles. The van der Waals surface area contributed by atoms with Crippen molar-refractivity contribution < 1.29 is 19.4 Å². The molecule has 0 spiro atoms. The highest BCUT2D eigenvalue weighted by molar-refractivity contribution is 7.13. The number of hydrogen-bond donors (Lipinski definition) is 1. The zero-order valence-corrected chi connectivity index (χ0v) is 13.7. The molecule has 0 aliphatic heterocycles. The predicted molar refractivity (Wildman–Crippen MR) is 88.6 cm³/mol. The van der Waals surface area contributed by atoms with Gasteiger partial charge in [-0.15, -0.1) is 11.3 Å². The third-order valence-corrected chi connectivity index (χ3v) is 4.12. The van der Waals surface area contributed by atoms with Gasteiger partial charge in [0.1, 0.15) is 10.7 Å². The van der Waals surface area contributed by atoms with Gasteiger partial charge >= 0.3 is 5.97 Å². The number of carboxylic acids is 1. The second-order valence-electron chi connectivity index (χ2n) is 4.70. The van der Waals surface area contributed by atoms with Crippen molar-refractivity contribution in [1.82, 2.24) is 15.0 Å².